The molecule has 1 atom stereocenters. The van der Waals surface area contributed by atoms with E-state index in [1.54, 1.807) is 31.2 Å². The first-order chi connectivity index (χ1) is 20.2. The highest BCUT2D eigenvalue weighted by atomic mass is 32.2. The molecule has 5 rings (SSSR count). The van der Waals surface area contributed by atoms with Crippen LogP contribution in [0.2, 0.25) is 0 Å². The van der Waals surface area contributed by atoms with Gasteiger partial charge in [-0.2, -0.15) is 8.42 Å². The molecule has 0 bridgehead atoms. The van der Waals surface area contributed by atoms with Gasteiger partial charge in [-0.1, -0.05) is 78.4 Å². The molecule has 0 saturated carbocycles. The number of amides is 1. The molecular formula is C33H31NO7S. The van der Waals surface area contributed by atoms with Crippen molar-refractivity contribution in [3.05, 3.63) is 119 Å². The third-order valence-electron chi connectivity index (χ3n) is 7.09. The molecule has 1 unspecified atom stereocenters. The lowest BCUT2D eigenvalue weighted by atomic mass is 9.98. The number of rotatable bonds is 10. The first-order valence-electron chi connectivity index (χ1n) is 13.6. The van der Waals surface area contributed by atoms with E-state index in [4.69, 9.17) is 13.7 Å². The lowest BCUT2D eigenvalue weighted by molar-refractivity contribution is -0.145. The molecule has 0 spiro atoms. The topological polar surface area (TPSA) is 108 Å². The van der Waals surface area contributed by atoms with Crippen molar-refractivity contribution >= 4 is 22.2 Å². The van der Waals surface area contributed by atoms with Crippen LogP contribution in [0, 0.1) is 6.92 Å². The van der Waals surface area contributed by atoms with Crippen LogP contribution in [0.25, 0.3) is 11.1 Å². The summed E-state index contributed by atoms with van der Waals surface area (Å²) in [6.07, 6.45) is -0.632. The maximum Gasteiger partial charge on any atom is 0.407 e. The Kier molecular flexibility index (Phi) is 8.59. The average molecular weight is 586 g/mol. The largest absolute Gasteiger partial charge is 0.464 e. The summed E-state index contributed by atoms with van der Waals surface area (Å²) in [5.74, 6) is -0.599. The standard InChI is InChI=1S/C33H31NO7S/c1-3-39-32(35)31(20-23-14-16-24(17-15-23)41-42(37,38)25-18-12-22(2)13-19-25)34-33(36)40-21-30-28-10-6-4-8-26(28)27-9-5-7-11-29(27)30/h4-19,30-31H,3,20-21H2,1-2H3,(H,34,36). The second kappa shape index (κ2) is 12.5. The van der Waals surface area contributed by atoms with Crippen LogP contribution in [-0.2, 0) is 30.8 Å². The maximum absolute atomic E-state index is 12.9. The smallest absolute Gasteiger partial charge is 0.407 e. The van der Waals surface area contributed by atoms with E-state index < -0.39 is 28.2 Å². The van der Waals surface area contributed by atoms with Crippen molar-refractivity contribution in [2.45, 2.75) is 37.1 Å². The van der Waals surface area contributed by atoms with Crippen molar-refractivity contribution in [1.29, 1.82) is 0 Å². The van der Waals surface area contributed by atoms with Crippen molar-refractivity contribution in [3.8, 4) is 16.9 Å². The molecule has 1 aliphatic carbocycles. The Balaban J connectivity index is 1.23. The van der Waals surface area contributed by atoms with Gasteiger partial charge in [-0.25, -0.2) is 9.59 Å². The van der Waals surface area contributed by atoms with E-state index in [0.29, 0.717) is 5.56 Å². The van der Waals surface area contributed by atoms with E-state index in [1.165, 1.54) is 24.3 Å². The normalized spacial score (nSPS) is 13.0. The van der Waals surface area contributed by atoms with E-state index in [0.717, 1.165) is 27.8 Å². The summed E-state index contributed by atoms with van der Waals surface area (Å²) >= 11 is 0. The van der Waals surface area contributed by atoms with Crippen LogP contribution in [0.15, 0.2) is 102 Å². The number of fused-ring (bicyclic) bond motifs is 3. The van der Waals surface area contributed by atoms with Gasteiger partial charge in [0, 0.05) is 12.3 Å². The molecule has 0 aliphatic heterocycles. The lowest BCUT2D eigenvalue weighted by Gasteiger charge is -2.19. The molecule has 0 radical (unpaired) electrons. The fourth-order valence-corrected chi connectivity index (χ4v) is 5.95. The fourth-order valence-electron chi connectivity index (χ4n) is 5.02. The molecule has 9 heteroatoms. The van der Waals surface area contributed by atoms with Gasteiger partial charge in [0.1, 0.15) is 23.3 Å². The van der Waals surface area contributed by atoms with Gasteiger partial charge in [-0.15, -0.1) is 0 Å². The van der Waals surface area contributed by atoms with Crippen LogP contribution in [-0.4, -0.2) is 39.7 Å². The Morgan fingerprint density at radius 2 is 1.40 bits per heavy atom. The minimum absolute atomic E-state index is 0.0480. The van der Waals surface area contributed by atoms with E-state index in [9.17, 15) is 18.0 Å². The summed E-state index contributed by atoms with van der Waals surface area (Å²) in [5, 5.41) is 2.64. The first kappa shape index (κ1) is 28.9. The van der Waals surface area contributed by atoms with Gasteiger partial charge in [-0.3, -0.25) is 0 Å². The summed E-state index contributed by atoms with van der Waals surface area (Å²) in [4.78, 5) is 25.6. The molecule has 0 heterocycles. The third kappa shape index (κ3) is 6.47. The molecule has 0 saturated heterocycles. The zero-order valence-corrected chi connectivity index (χ0v) is 24.1. The summed E-state index contributed by atoms with van der Waals surface area (Å²) in [7, 11) is -4.00. The molecule has 4 aromatic carbocycles. The van der Waals surface area contributed by atoms with Gasteiger partial charge in [0.05, 0.1) is 6.61 Å². The van der Waals surface area contributed by atoms with E-state index in [1.807, 2.05) is 43.3 Å². The number of alkyl carbamates (subject to hydrolysis) is 1. The van der Waals surface area contributed by atoms with Gasteiger partial charge < -0.3 is 19.0 Å². The van der Waals surface area contributed by atoms with Crippen LogP contribution in [0.4, 0.5) is 4.79 Å². The van der Waals surface area contributed by atoms with Crippen LogP contribution in [0.1, 0.15) is 35.1 Å². The highest BCUT2D eigenvalue weighted by Gasteiger charge is 2.30. The quantitative estimate of drug-likeness (QED) is 0.186. The number of aryl methyl sites for hydroxylation is 1. The monoisotopic (exact) mass is 585 g/mol. The maximum atomic E-state index is 12.9. The molecule has 0 aromatic heterocycles. The minimum Gasteiger partial charge on any atom is -0.464 e. The van der Waals surface area contributed by atoms with Gasteiger partial charge >= 0.3 is 22.2 Å². The Bertz CT molecular complexity index is 1640. The molecule has 1 aliphatic rings. The van der Waals surface area contributed by atoms with Crippen molar-refractivity contribution in [1.82, 2.24) is 5.32 Å². The van der Waals surface area contributed by atoms with Crippen molar-refractivity contribution in [2.75, 3.05) is 13.2 Å². The van der Waals surface area contributed by atoms with E-state index in [-0.39, 0.29) is 36.2 Å². The second-order valence-corrected chi connectivity index (χ2v) is 11.5. The Hall–Kier alpha value is -4.63. The number of carbonyl (C=O) groups excluding carboxylic acids is 2. The van der Waals surface area contributed by atoms with Crippen LogP contribution >= 0.6 is 0 Å². The van der Waals surface area contributed by atoms with Crippen molar-refractivity contribution in [3.63, 3.8) is 0 Å². The van der Waals surface area contributed by atoms with E-state index >= 15 is 0 Å². The Morgan fingerprint density at radius 1 is 0.810 bits per heavy atom. The number of hydrogen-bond donors (Lipinski definition) is 1. The van der Waals surface area contributed by atoms with Crippen LogP contribution in [0.3, 0.4) is 0 Å². The zero-order chi connectivity index (χ0) is 29.7. The summed E-state index contributed by atoms with van der Waals surface area (Å²) in [5.41, 5.74) is 5.99. The minimum atomic E-state index is -4.00. The molecule has 4 aromatic rings. The Morgan fingerprint density at radius 3 is 2.00 bits per heavy atom. The second-order valence-electron chi connectivity index (χ2n) is 9.97. The SMILES string of the molecule is CCOC(=O)C(Cc1ccc(OS(=O)(=O)c2ccc(C)cc2)cc1)NC(=O)OCC1c2ccccc2-c2ccccc21. The summed E-state index contributed by atoms with van der Waals surface area (Å²) < 4.78 is 41.3. The number of benzene rings is 4. The number of esters is 1. The van der Waals surface area contributed by atoms with E-state index in [2.05, 4.69) is 17.4 Å². The van der Waals surface area contributed by atoms with Crippen molar-refractivity contribution in [2.24, 2.45) is 0 Å². The highest BCUT2D eigenvalue weighted by molar-refractivity contribution is 7.87. The number of hydrogen-bond acceptors (Lipinski definition) is 7. The first-order valence-corrected chi connectivity index (χ1v) is 15.0. The number of nitrogens with one attached hydrogen (secondary N) is 1. The molecule has 1 N–H and O–H groups in total. The predicted molar refractivity (Wildman–Crippen MR) is 158 cm³/mol. The number of carbonyl (C=O) groups is 2. The van der Waals surface area contributed by atoms with Gasteiger partial charge in [0.15, 0.2) is 0 Å². The average Bonchev–Trinajstić information content (AvgIpc) is 3.30. The third-order valence-corrected chi connectivity index (χ3v) is 8.35. The predicted octanol–water partition coefficient (Wildman–Crippen LogP) is 5.78. The summed E-state index contributed by atoms with van der Waals surface area (Å²) in [6.45, 7) is 3.80. The summed E-state index contributed by atoms with van der Waals surface area (Å²) in [6, 6.07) is 27.7. The Labute approximate surface area is 245 Å². The molecule has 216 valence electrons. The number of ether oxygens (including phenoxy) is 2. The van der Waals surface area contributed by atoms with Gasteiger partial charge in [0.2, 0.25) is 0 Å². The van der Waals surface area contributed by atoms with Gasteiger partial charge in [-0.05, 0) is 65.9 Å². The highest BCUT2D eigenvalue weighted by Crippen LogP contribution is 2.44. The lowest BCUT2D eigenvalue weighted by Crippen LogP contribution is -2.44. The van der Waals surface area contributed by atoms with Crippen molar-refractivity contribution < 1.29 is 31.7 Å². The van der Waals surface area contributed by atoms with Gasteiger partial charge in [0.25, 0.3) is 0 Å². The molecule has 1 amide bonds. The zero-order valence-electron chi connectivity index (χ0n) is 23.3. The van der Waals surface area contributed by atoms with Crippen LogP contribution < -0.4 is 9.50 Å². The molecule has 0 fully saturated rings. The molecular weight excluding hydrogens is 554 g/mol. The fraction of sp³-hybridized carbons (Fsp3) is 0.212. The van der Waals surface area contributed by atoms with Crippen LogP contribution in [0.5, 0.6) is 5.75 Å². The molecule has 8 nitrogen and oxygen atoms in total. The molecule has 42 heavy (non-hydrogen) atoms.